The topological polar surface area (TPSA) is 92.7 Å². The summed E-state index contributed by atoms with van der Waals surface area (Å²) in [6.07, 6.45) is 4.50. The quantitative estimate of drug-likeness (QED) is 0.842. The van der Waals surface area contributed by atoms with Gasteiger partial charge in [0, 0.05) is 18.3 Å². The first-order valence-electron chi connectivity index (χ1n) is 5.07. The lowest BCUT2D eigenvalue weighted by atomic mass is 10.4. The molecule has 0 fully saturated rings. The molecule has 8 heteroatoms. The Morgan fingerprint density at radius 1 is 1.53 bits per heavy atom. The Morgan fingerprint density at radius 2 is 2.29 bits per heavy atom. The second kappa shape index (κ2) is 4.21. The first-order valence-corrected chi connectivity index (χ1v) is 6.56. The summed E-state index contributed by atoms with van der Waals surface area (Å²) < 4.78 is 28.0. The standard InChI is InChI=1S/C9H13N5O2S/c1-3-14-5-8(10-6-14)17(15,16)13-9-7(2)4-11-12-9/h4-6H,3H2,1-2H3,(H2,11,12,13). The van der Waals surface area contributed by atoms with Gasteiger partial charge in [-0.05, 0) is 13.8 Å². The lowest BCUT2D eigenvalue weighted by Crippen LogP contribution is -2.14. The third-order valence-corrected chi connectivity index (χ3v) is 3.55. The van der Waals surface area contributed by atoms with Crippen LogP contribution in [-0.4, -0.2) is 28.2 Å². The molecule has 0 aromatic carbocycles. The Hall–Kier alpha value is -1.83. The van der Waals surface area contributed by atoms with E-state index in [4.69, 9.17) is 0 Å². The maximum absolute atomic E-state index is 11.9. The van der Waals surface area contributed by atoms with Crippen molar-refractivity contribution < 1.29 is 8.42 Å². The van der Waals surface area contributed by atoms with Gasteiger partial charge < -0.3 is 4.57 Å². The van der Waals surface area contributed by atoms with E-state index >= 15 is 0 Å². The Labute approximate surface area is 98.9 Å². The minimum atomic E-state index is -3.65. The summed E-state index contributed by atoms with van der Waals surface area (Å²) in [5.41, 5.74) is 0.725. The molecule has 2 heterocycles. The van der Waals surface area contributed by atoms with E-state index in [1.165, 1.54) is 12.5 Å². The van der Waals surface area contributed by atoms with Gasteiger partial charge in [-0.2, -0.15) is 13.5 Å². The van der Waals surface area contributed by atoms with Gasteiger partial charge in [0.25, 0.3) is 10.0 Å². The maximum atomic E-state index is 11.9. The van der Waals surface area contributed by atoms with Crippen LogP contribution in [0.2, 0.25) is 0 Å². The van der Waals surface area contributed by atoms with Gasteiger partial charge in [0.2, 0.25) is 0 Å². The fraction of sp³-hybridized carbons (Fsp3) is 0.333. The van der Waals surface area contributed by atoms with Crippen molar-refractivity contribution in [3.63, 3.8) is 0 Å². The van der Waals surface area contributed by atoms with E-state index in [1.54, 1.807) is 17.7 Å². The molecule has 0 aliphatic heterocycles. The van der Waals surface area contributed by atoms with Crippen LogP contribution in [0.15, 0.2) is 23.7 Å². The highest BCUT2D eigenvalue weighted by Gasteiger charge is 2.18. The molecule has 0 spiro atoms. The van der Waals surface area contributed by atoms with Crippen molar-refractivity contribution in [3.8, 4) is 0 Å². The maximum Gasteiger partial charge on any atom is 0.282 e. The predicted octanol–water partition coefficient (Wildman–Crippen LogP) is 0.735. The van der Waals surface area contributed by atoms with Gasteiger partial charge in [0.15, 0.2) is 5.03 Å². The number of hydrogen-bond donors (Lipinski definition) is 2. The Kier molecular flexibility index (Phi) is 2.88. The number of sulfonamides is 1. The molecule has 2 rings (SSSR count). The molecule has 0 amide bonds. The Morgan fingerprint density at radius 3 is 2.82 bits per heavy atom. The molecule has 2 aromatic heterocycles. The second-order valence-corrected chi connectivity index (χ2v) is 5.21. The minimum absolute atomic E-state index is 0.00616. The second-order valence-electron chi connectivity index (χ2n) is 3.58. The number of aromatic nitrogens is 4. The van der Waals surface area contributed by atoms with Crippen molar-refractivity contribution >= 4 is 15.8 Å². The molecule has 0 unspecified atom stereocenters. The van der Waals surface area contributed by atoms with Gasteiger partial charge in [-0.3, -0.25) is 9.82 Å². The number of aromatic amines is 1. The molecule has 0 radical (unpaired) electrons. The van der Waals surface area contributed by atoms with Crippen LogP contribution in [-0.2, 0) is 16.6 Å². The number of rotatable bonds is 4. The zero-order valence-electron chi connectivity index (χ0n) is 9.51. The van der Waals surface area contributed by atoms with E-state index in [0.29, 0.717) is 12.4 Å². The monoisotopic (exact) mass is 255 g/mol. The first kappa shape index (κ1) is 11.6. The Bertz CT molecular complexity index is 613. The smallest absolute Gasteiger partial charge is 0.282 e. The molecule has 17 heavy (non-hydrogen) atoms. The Balaban J connectivity index is 2.28. The van der Waals surface area contributed by atoms with E-state index in [1.807, 2.05) is 6.92 Å². The number of H-pyrrole nitrogens is 1. The number of anilines is 1. The molecule has 0 atom stereocenters. The van der Waals surface area contributed by atoms with Crippen molar-refractivity contribution in [2.45, 2.75) is 25.4 Å². The van der Waals surface area contributed by atoms with Crippen LogP contribution in [0.3, 0.4) is 0 Å². The fourth-order valence-corrected chi connectivity index (χ4v) is 2.33. The highest BCUT2D eigenvalue weighted by molar-refractivity contribution is 7.92. The van der Waals surface area contributed by atoms with Crippen LogP contribution in [0.1, 0.15) is 12.5 Å². The summed E-state index contributed by atoms with van der Waals surface area (Å²) in [6.45, 7) is 4.34. The van der Waals surface area contributed by atoms with Crippen LogP contribution in [0.25, 0.3) is 0 Å². The molecular weight excluding hydrogens is 242 g/mol. The molecule has 2 N–H and O–H groups in total. The number of aryl methyl sites for hydroxylation is 2. The van der Waals surface area contributed by atoms with Crippen molar-refractivity contribution in [2.75, 3.05) is 4.72 Å². The van der Waals surface area contributed by atoms with Crippen molar-refractivity contribution in [1.29, 1.82) is 0 Å². The van der Waals surface area contributed by atoms with E-state index in [-0.39, 0.29) is 5.03 Å². The molecular formula is C9H13N5O2S. The highest BCUT2D eigenvalue weighted by Crippen LogP contribution is 2.15. The number of imidazole rings is 1. The van der Waals surface area contributed by atoms with Crippen LogP contribution in [0, 0.1) is 6.92 Å². The first-order chi connectivity index (χ1) is 8.03. The average Bonchev–Trinajstić information content (AvgIpc) is 2.88. The van der Waals surface area contributed by atoms with Gasteiger partial charge in [-0.1, -0.05) is 0 Å². The van der Waals surface area contributed by atoms with E-state index in [2.05, 4.69) is 19.9 Å². The summed E-state index contributed by atoms with van der Waals surface area (Å²) in [5, 5.41) is 6.31. The summed E-state index contributed by atoms with van der Waals surface area (Å²) in [5.74, 6) is 0.357. The third-order valence-electron chi connectivity index (χ3n) is 2.32. The summed E-state index contributed by atoms with van der Waals surface area (Å²) in [6, 6.07) is 0. The van der Waals surface area contributed by atoms with Crippen LogP contribution in [0.4, 0.5) is 5.82 Å². The molecule has 0 aliphatic carbocycles. The molecule has 0 bridgehead atoms. The van der Waals surface area contributed by atoms with E-state index in [0.717, 1.165) is 5.56 Å². The van der Waals surface area contributed by atoms with Gasteiger partial charge >= 0.3 is 0 Å². The van der Waals surface area contributed by atoms with Crippen LogP contribution >= 0.6 is 0 Å². The largest absolute Gasteiger partial charge is 0.336 e. The molecule has 7 nitrogen and oxygen atoms in total. The summed E-state index contributed by atoms with van der Waals surface area (Å²) in [4.78, 5) is 3.85. The fourth-order valence-electron chi connectivity index (χ4n) is 1.29. The molecule has 0 aliphatic rings. The van der Waals surface area contributed by atoms with Gasteiger partial charge in [-0.15, -0.1) is 0 Å². The van der Waals surface area contributed by atoms with Gasteiger partial charge in [-0.25, -0.2) is 4.98 Å². The van der Waals surface area contributed by atoms with E-state index in [9.17, 15) is 8.42 Å². The third kappa shape index (κ3) is 2.31. The van der Waals surface area contributed by atoms with Gasteiger partial charge in [0.05, 0.1) is 12.5 Å². The highest BCUT2D eigenvalue weighted by atomic mass is 32.2. The molecule has 2 aromatic rings. The lowest BCUT2D eigenvalue weighted by Gasteiger charge is -2.03. The van der Waals surface area contributed by atoms with Crippen molar-refractivity contribution in [2.24, 2.45) is 0 Å². The molecule has 0 saturated carbocycles. The van der Waals surface area contributed by atoms with E-state index < -0.39 is 10.0 Å². The zero-order valence-corrected chi connectivity index (χ0v) is 10.3. The normalized spacial score (nSPS) is 11.6. The minimum Gasteiger partial charge on any atom is -0.336 e. The lowest BCUT2D eigenvalue weighted by molar-refractivity contribution is 0.597. The predicted molar refractivity (Wildman–Crippen MR) is 62.0 cm³/mol. The number of hydrogen-bond acceptors (Lipinski definition) is 4. The summed E-state index contributed by atoms with van der Waals surface area (Å²) >= 11 is 0. The van der Waals surface area contributed by atoms with Crippen LogP contribution < -0.4 is 4.72 Å². The zero-order chi connectivity index (χ0) is 12.5. The molecule has 92 valence electrons. The van der Waals surface area contributed by atoms with Crippen LogP contribution in [0.5, 0.6) is 0 Å². The number of nitrogens with one attached hydrogen (secondary N) is 2. The van der Waals surface area contributed by atoms with Gasteiger partial charge in [0.1, 0.15) is 5.82 Å². The summed E-state index contributed by atoms with van der Waals surface area (Å²) in [7, 11) is -3.65. The average molecular weight is 255 g/mol. The van der Waals surface area contributed by atoms with Crippen molar-refractivity contribution in [3.05, 3.63) is 24.3 Å². The van der Waals surface area contributed by atoms with Crippen molar-refractivity contribution in [1.82, 2.24) is 19.7 Å². The number of nitrogens with zero attached hydrogens (tertiary/aromatic N) is 3. The SMILES string of the molecule is CCn1cnc(S(=O)(=O)Nc2[nH]ncc2C)c1. The molecule has 0 saturated heterocycles.